The number of rotatable bonds is 0. The van der Waals surface area contributed by atoms with Crippen molar-refractivity contribution >= 4 is 33.4 Å². The lowest BCUT2D eigenvalue weighted by Gasteiger charge is -2.20. The van der Waals surface area contributed by atoms with Gasteiger partial charge in [-0.3, -0.25) is 0 Å². The summed E-state index contributed by atoms with van der Waals surface area (Å²) in [6, 6.07) is 20.3. The van der Waals surface area contributed by atoms with Crippen LogP contribution in [-0.2, 0) is 0 Å². The highest BCUT2D eigenvalue weighted by Gasteiger charge is 2.22. The summed E-state index contributed by atoms with van der Waals surface area (Å²) < 4.78 is 8.30. The molecule has 0 atom stereocenters. The molecule has 21 heavy (non-hydrogen) atoms. The summed E-state index contributed by atoms with van der Waals surface area (Å²) in [5.41, 5.74) is 3.27. The number of halogens is 1. The summed E-state index contributed by atoms with van der Waals surface area (Å²) >= 11 is 6.22. The second-order valence-electron chi connectivity index (χ2n) is 5.22. The topological polar surface area (TPSA) is 14.2 Å². The molecule has 0 N–H and O–H groups in total. The van der Waals surface area contributed by atoms with Crippen molar-refractivity contribution in [1.29, 1.82) is 0 Å². The van der Waals surface area contributed by atoms with Gasteiger partial charge < -0.3 is 9.30 Å². The first-order chi connectivity index (χ1) is 10.3. The van der Waals surface area contributed by atoms with Crippen LogP contribution in [0.1, 0.15) is 0 Å². The highest BCUT2D eigenvalue weighted by atomic mass is 35.5. The largest absolute Gasteiger partial charge is 0.453 e. The van der Waals surface area contributed by atoms with E-state index in [-0.39, 0.29) is 0 Å². The van der Waals surface area contributed by atoms with E-state index in [0.717, 1.165) is 33.2 Å². The summed E-state index contributed by atoms with van der Waals surface area (Å²) in [6.45, 7) is 0. The molecule has 1 aliphatic heterocycles. The first-order valence-corrected chi connectivity index (χ1v) is 7.21. The van der Waals surface area contributed by atoms with Gasteiger partial charge in [-0.15, -0.1) is 0 Å². The van der Waals surface area contributed by atoms with Gasteiger partial charge in [0.15, 0.2) is 11.5 Å². The maximum absolute atomic E-state index is 6.22. The predicted octanol–water partition coefficient (Wildman–Crippen LogP) is 5.54. The zero-order chi connectivity index (χ0) is 14.0. The maximum Gasteiger partial charge on any atom is 0.152 e. The Labute approximate surface area is 126 Å². The van der Waals surface area contributed by atoms with Crippen molar-refractivity contribution in [3.63, 3.8) is 0 Å². The lowest BCUT2D eigenvalue weighted by atomic mass is 10.1. The maximum atomic E-state index is 6.22. The third-order valence-electron chi connectivity index (χ3n) is 4.04. The average Bonchev–Trinajstić information content (AvgIpc) is 2.84. The number of para-hydroxylation sites is 3. The zero-order valence-electron chi connectivity index (χ0n) is 11.0. The number of hydrogen-bond acceptors (Lipinski definition) is 1. The summed E-state index contributed by atoms with van der Waals surface area (Å²) in [7, 11) is 0. The zero-order valence-corrected chi connectivity index (χ0v) is 11.8. The highest BCUT2D eigenvalue weighted by molar-refractivity contribution is 6.31. The van der Waals surface area contributed by atoms with E-state index in [1.54, 1.807) is 0 Å². The molecule has 0 amide bonds. The van der Waals surface area contributed by atoms with Crippen LogP contribution in [0.3, 0.4) is 0 Å². The number of nitrogens with zero attached hydrogens (tertiary/aromatic N) is 1. The minimum Gasteiger partial charge on any atom is -0.453 e. The third kappa shape index (κ3) is 1.38. The van der Waals surface area contributed by atoms with Crippen molar-refractivity contribution < 1.29 is 4.74 Å². The van der Waals surface area contributed by atoms with Gasteiger partial charge in [0.05, 0.1) is 16.7 Å². The Morgan fingerprint density at radius 1 is 0.810 bits per heavy atom. The Kier molecular flexibility index (Phi) is 2.04. The first kappa shape index (κ1) is 11.2. The van der Waals surface area contributed by atoms with Crippen LogP contribution in [0.5, 0.6) is 11.5 Å². The van der Waals surface area contributed by atoms with Gasteiger partial charge in [-0.1, -0.05) is 41.9 Å². The highest BCUT2D eigenvalue weighted by Crippen LogP contribution is 2.45. The van der Waals surface area contributed by atoms with Crippen molar-refractivity contribution in [2.24, 2.45) is 0 Å². The summed E-state index contributed by atoms with van der Waals surface area (Å²) in [6.07, 6.45) is 0. The molecule has 0 aliphatic carbocycles. The molecule has 2 nitrogen and oxygen atoms in total. The fraction of sp³-hybridized carbons (Fsp3) is 0. The van der Waals surface area contributed by atoms with Crippen LogP contribution in [0.4, 0.5) is 0 Å². The van der Waals surface area contributed by atoms with Gasteiger partial charge in [-0.2, -0.15) is 0 Å². The van der Waals surface area contributed by atoms with Gasteiger partial charge in [-0.25, -0.2) is 0 Å². The van der Waals surface area contributed by atoms with E-state index in [1.165, 1.54) is 10.8 Å². The number of fused-ring (bicyclic) bond motifs is 5. The fourth-order valence-electron chi connectivity index (χ4n) is 3.19. The molecule has 5 rings (SSSR count). The van der Waals surface area contributed by atoms with E-state index < -0.39 is 0 Å². The van der Waals surface area contributed by atoms with Crippen LogP contribution in [0.25, 0.3) is 27.5 Å². The van der Waals surface area contributed by atoms with Crippen molar-refractivity contribution in [3.05, 3.63) is 65.7 Å². The van der Waals surface area contributed by atoms with Crippen LogP contribution in [0.15, 0.2) is 60.7 Å². The molecule has 0 bridgehead atoms. The minimum atomic E-state index is 0.743. The van der Waals surface area contributed by atoms with E-state index in [9.17, 15) is 0 Å². The van der Waals surface area contributed by atoms with Crippen LogP contribution in [0.2, 0.25) is 5.02 Å². The normalized spacial score (nSPS) is 12.4. The molecule has 100 valence electrons. The summed E-state index contributed by atoms with van der Waals surface area (Å²) in [4.78, 5) is 0. The summed E-state index contributed by atoms with van der Waals surface area (Å²) in [5.74, 6) is 1.76. The van der Waals surface area contributed by atoms with E-state index in [4.69, 9.17) is 16.3 Å². The standard InChI is InChI=1S/C18H10ClNO/c19-11-8-9-12-13-4-3-7-17-18(13)20(15(12)10-11)14-5-1-2-6-16(14)21-17/h1-10H. The fourth-order valence-corrected chi connectivity index (χ4v) is 3.35. The molecule has 0 spiro atoms. The van der Waals surface area contributed by atoms with Crippen molar-refractivity contribution in [1.82, 2.24) is 4.57 Å². The molecule has 1 aliphatic rings. The van der Waals surface area contributed by atoms with Gasteiger partial charge in [-0.05, 0) is 30.3 Å². The van der Waals surface area contributed by atoms with Crippen LogP contribution in [-0.4, -0.2) is 4.57 Å². The molecular weight excluding hydrogens is 282 g/mol. The Morgan fingerprint density at radius 2 is 1.67 bits per heavy atom. The third-order valence-corrected chi connectivity index (χ3v) is 4.27. The van der Waals surface area contributed by atoms with Crippen molar-refractivity contribution in [2.75, 3.05) is 0 Å². The van der Waals surface area contributed by atoms with E-state index in [2.05, 4.69) is 22.8 Å². The smallest absolute Gasteiger partial charge is 0.152 e. The van der Waals surface area contributed by atoms with Crippen LogP contribution in [0, 0.1) is 0 Å². The van der Waals surface area contributed by atoms with E-state index >= 15 is 0 Å². The molecule has 0 fully saturated rings. The van der Waals surface area contributed by atoms with Gasteiger partial charge in [0, 0.05) is 15.8 Å². The molecular formula is C18H10ClNO. The Bertz CT molecular complexity index is 1030. The monoisotopic (exact) mass is 291 g/mol. The Balaban J connectivity index is 2.10. The molecule has 0 saturated heterocycles. The SMILES string of the molecule is Clc1ccc2c3cccc4c3n(c2c1)-c1ccccc1O4. The molecule has 0 unspecified atom stereocenters. The Morgan fingerprint density at radius 3 is 2.62 bits per heavy atom. The van der Waals surface area contributed by atoms with Crippen molar-refractivity contribution in [3.8, 4) is 17.2 Å². The minimum absolute atomic E-state index is 0.743. The number of ether oxygens (including phenoxy) is 1. The second kappa shape index (κ2) is 3.80. The second-order valence-corrected chi connectivity index (χ2v) is 5.66. The molecule has 0 saturated carbocycles. The van der Waals surface area contributed by atoms with E-state index in [1.807, 2.05) is 42.5 Å². The number of aromatic nitrogens is 1. The number of hydrogen-bond donors (Lipinski definition) is 0. The molecule has 4 aromatic rings. The number of benzene rings is 3. The van der Waals surface area contributed by atoms with Gasteiger partial charge in [0.1, 0.15) is 0 Å². The van der Waals surface area contributed by atoms with E-state index in [0.29, 0.717) is 0 Å². The lowest BCUT2D eigenvalue weighted by molar-refractivity contribution is 0.476. The van der Waals surface area contributed by atoms with Crippen LogP contribution < -0.4 is 4.74 Å². The lowest BCUT2D eigenvalue weighted by Crippen LogP contribution is -2.03. The molecule has 3 aromatic carbocycles. The van der Waals surface area contributed by atoms with Crippen LogP contribution >= 0.6 is 11.6 Å². The molecule has 3 heteroatoms. The van der Waals surface area contributed by atoms with Gasteiger partial charge >= 0.3 is 0 Å². The quantitative estimate of drug-likeness (QED) is 0.365. The first-order valence-electron chi connectivity index (χ1n) is 6.83. The van der Waals surface area contributed by atoms with Gasteiger partial charge in [0.2, 0.25) is 0 Å². The summed E-state index contributed by atoms with van der Waals surface area (Å²) in [5, 5.41) is 3.12. The predicted molar refractivity (Wildman–Crippen MR) is 85.9 cm³/mol. The Hall–Kier alpha value is -2.45. The average molecular weight is 292 g/mol. The van der Waals surface area contributed by atoms with Gasteiger partial charge in [0.25, 0.3) is 0 Å². The van der Waals surface area contributed by atoms with Crippen molar-refractivity contribution in [2.45, 2.75) is 0 Å². The molecule has 1 aromatic heterocycles. The molecule has 2 heterocycles. The molecule has 0 radical (unpaired) electrons.